The molecular weight excluding hydrogens is 342 g/mol. The molecule has 6 nitrogen and oxygen atoms in total. The predicted molar refractivity (Wildman–Crippen MR) is 81.0 cm³/mol. The summed E-state index contributed by atoms with van der Waals surface area (Å²) in [5.41, 5.74) is 0.308. The number of carbonyl (C=O) groups excluding carboxylic acids is 2. The Morgan fingerprint density at radius 2 is 1.54 bits per heavy atom. The third kappa shape index (κ3) is 2.82. The minimum absolute atomic E-state index is 0.0526. The third-order valence-corrected chi connectivity index (χ3v) is 6.19. The molecule has 2 fully saturated rings. The molecule has 0 radical (unpaired) electrons. The van der Waals surface area contributed by atoms with Crippen LogP contribution in [0.1, 0.15) is 19.8 Å². The molecule has 1 aromatic carbocycles. The van der Waals surface area contributed by atoms with Gasteiger partial charge in [-0.05, 0) is 31.2 Å². The number of halogens is 2. The largest absolute Gasteiger partial charge is 0.274 e. The lowest BCUT2D eigenvalue weighted by Crippen LogP contribution is -2.55. The monoisotopic (exact) mass is 358 g/mol. The van der Waals surface area contributed by atoms with Crippen LogP contribution in [0.5, 0.6) is 0 Å². The summed E-state index contributed by atoms with van der Waals surface area (Å²) >= 11 is 0. The second-order valence-electron chi connectivity index (χ2n) is 6.09. The predicted octanol–water partition coefficient (Wildman–Crippen LogP) is 1.62. The lowest BCUT2D eigenvalue weighted by molar-refractivity contribution is -0.121. The summed E-state index contributed by atoms with van der Waals surface area (Å²) in [6.45, 7) is 0.327. The number of anilines is 1. The molecule has 2 amide bonds. The van der Waals surface area contributed by atoms with E-state index in [2.05, 4.69) is 0 Å². The van der Waals surface area contributed by atoms with Crippen LogP contribution < -0.4 is 4.90 Å². The van der Waals surface area contributed by atoms with E-state index < -0.39 is 21.9 Å². The Hall–Kier alpha value is -1.87. The molecule has 2 aliphatic heterocycles. The molecule has 2 aliphatic rings. The van der Waals surface area contributed by atoms with Crippen molar-refractivity contribution in [1.29, 1.82) is 0 Å². The van der Waals surface area contributed by atoms with Crippen molar-refractivity contribution >= 4 is 27.5 Å². The number of sulfonamides is 1. The van der Waals surface area contributed by atoms with Gasteiger partial charge in [-0.25, -0.2) is 17.2 Å². The summed E-state index contributed by atoms with van der Waals surface area (Å²) in [4.78, 5) is 24.3. The van der Waals surface area contributed by atoms with Crippen LogP contribution in [0.3, 0.4) is 0 Å². The van der Waals surface area contributed by atoms with E-state index in [4.69, 9.17) is 0 Å². The summed E-state index contributed by atoms with van der Waals surface area (Å²) in [6.07, 6.45) is 0.276. The van der Waals surface area contributed by atoms with Crippen molar-refractivity contribution in [3.63, 3.8) is 0 Å². The molecule has 3 rings (SSSR count). The topological polar surface area (TPSA) is 74.8 Å². The first kappa shape index (κ1) is 17.0. The second kappa shape index (κ2) is 5.59. The second-order valence-corrected chi connectivity index (χ2v) is 8.03. The van der Waals surface area contributed by atoms with Gasteiger partial charge >= 0.3 is 0 Å². The van der Waals surface area contributed by atoms with Gasteiger partial charge in [-0.15, -0.1) is 0 Å². The number of imide groups is 1. The van der Waals surface area contributed by atoms with Crippen LogP contribution in [0.15, 0.2) is 29.2 Å². The number of rotatable bonds is 4. The Kier molecular flexibility index (Phi) is 3.95. The molecule has 0 bridgehead atoms. The highest BCUT2D eigenvalue weighted by Gasteiger charge is 2.47. The molecule has 1 aromatic rings. The zero-order valence-corrected chi connectivity index (χ0v) is 13.7. The highest BCUT2D eigenvalue weighted by atomic mass is 32.2. The lowest BCUT2D eigenvalue weighted by Gasteiger charge is -2.40. The molecule has 0 unspecified atom stereocenters. The van der Waals surface area contributed by atoms with Crippen molar-refractivity contribution in [2.75, 3.05) is 18.0 Å². The maximum absolute atomic E-state index is 13.1. The molecule has 0 N–H and O–H groups in total. The highest BCUT2D eigenvalue weighted by Crippen LogP contribution is 2.35. The Balaban J connectivity index is 1.76. The summed E-state index contributed by atoms with van der Waals surface area (Å²) < 4.78 is 52.0. The van der Waals surface area contributed by atoms with E-state index in [9.17, 15) is 26.8 Å². The van der Waals surface area contributed by atoms with E-state index in [0.29, 0.717) is 5.69 Å². The zero-order chi connectivity index (χ0) is 17.7. The van der Waals surface area contributed by atoms with Gasteiger partial charge in [0.1, 0.15) is 0 Å². The number of carbonyl (C=O) groups is 2. The molecule has 24 heavy (non-hydrogen) atoms. The van der Waals surface area contributed by atoms with Gasteiger partial charge < -0.3 is 0 Å². The van der Waals surface area contributed by atoms with Gasteiger partial charge in [0.15, 0.2) is 0 Å². The van der Waals surface area contributed by atoms with E-state index in [1.165, 1.54) is 24.3 Å². The van der Waals surface area contributed by atoms with Crippen molar-refractivity contribution in [3.05, 3.63) is 24.3 Å². The standard InChI is InChI=1S/C15H16F2N2O4S/c1-15(16,17)10-8-18(9-10)24(22,23)12-4-2-11(3-5-12)19-13(20)6-7-14(19)21/h2-5,10H,6-9H2,1H3. The first-order valence-electron chi connectivity index (χ1n) is 7.44. The smallest absolute Gasteiger partial charge is 0.250 e. The molecule has 9 heteroatoms. The van der Waals surface area contributed by atoms with Gasteiger partial charge in [0.05, 0.1) is 16.5 Å². The van der Waals surface area contributed by atoms with Crippen LogP contribution in [0.25, 0.3) is 0 Å². The van der Waals surface area contributed by atoms with Gasteiger partial charge in [0.25, 0.3) is 5.92 Å². The fraction of sp³-hybridized carbons (Fsp3) is 0.467. The highest BCUT2D eigenvalue weighted by molar-refractivity contribution is 7.89. The van der Waals surface area contributed by atoms with Crippen molar-refractivity contribution in [2.24, 2.45) is 5.92 Å². The van der Waals surface area contributed by atoms with Crippen molar-refractivity contribution < 1.29 is 26.8 Å². The quantitative estimate of drug-likeness (QED) is 0.767. The van der Waals surface area contributed by atoms with Crippen LogP contribution in [0.2, 0.25) is 0 Å². The summed E-state index contributed by atoms with van der Waals surface area (Å²) in [5, 5.41) is 0. The molecule has 0 aromatic heterocycles. The first-order valence-corrected chi connectivity index (χ1v) is 8.88. The average Bonchev–Trinajstić information content (AvgIpc) is 2.74. The molecule has 130 valence electrons. The average molecular weight is 358 g/mol. The molecule has 2 saturated heterocycles. The molecule has 2 heterocycles. The Morgan fingerprint density at radius 1 is 1.04 bits per heavy atom. The van der Waals surface area contributed by atoms with Gasteiger partial charge in [-0.3, -0.25) is 14.5 Å². The maximum atomic E-state index is 13.1. The first-order chi connectivity index (χ1) is 11.1. The minimum Gasteiger partial charge on any atom is -0.274 e. The van der Waals surface area contributed by atoms with E-state index in [-0.39, 0.29) is 42.6 Å². The Morgan fingerprint density at radius 3 is 2.00 bits per heavy atom. The van der Waals surface area contributed by atoms with Gasteiger partial charge in [0, 0.05) is 25.9 Å². The maximum Gasteiger partial charge on any atom is 0.250 e. The Bertz CT molecular complexity index is 765. The van der Waals surface area contributed by atoms with Gasteiger partial charge in [-0.2, -0.15) is 4.31 Å². The molecule has 0 spiro atoms. The number of amides is 2. The van der Waals surface area contributed by atoms with Crippen molar-refractivity contribution in [3.8, 4) is 0 Å². The minimum atomic E-state index is -3.85. The fourth-order valence-corrected chi connectivity index (χ4v) is 4.27. The normalized spacial score (nSPS) is 20.5. The summed E-state index contributed by atoms with van der Waals surface area (Å²) in [5.74, 6) is -4.55. The van der Waals surface area contributed by atoms with Crippen LogP contribution in [-0.4, -0.2) is 43.5 Å². The lowest BCUT2D eigenvalue weighted by atomic mass is 9.97. The number of alkyl halides is 2. The fourth-order valence-electron chi connectivity index (χ4n) is 2.74. The van der Waals surface area contributed by atoms with Crippen LogP contribution >= 0.6 is 0 Å². The summed E-state index contributed by atoms with van der Waals surface area (Å²) in [6, 6.07) is 5.31. The van der Waals surface area contributed by atoms with E-state index >= 15 is 0 Å². The van der Waals surface area contributed by atoms with E-state index in [1.54, 1.807) is 0 Å². The number of benzene rings is 1. The van der Waals surface area contributed by atoms with E-state index in [1.807, 2.05) is 0 Å². The molecule has 0 aliphatic carbocycles. The Labute approximate surface area is 138 Å². The number of hydrogen-bond donors (Lipinski definition) is 0. The van der Waals surface area contributed by atoms with Gasteiger partial charge in [0.2, 0.25) is 21.8 Å². The third-order valence-electron chi connectivity index (χ3n) is 4.35. The van der Waals surface area contributed by atoms with Crippen LogP contribution in [-0.2, 0) is 19.6 Å². The van der Waals surface area contributed by atoms with Gasteiger partial charge in [-0.1, -0.05) is 0 Å². The van der Waals surface area contributed by atoms with Crippen molar-refractivity contribution in [1.82, 2.24) is 4.31 Å². The molecule has 0 atom stereocenters. The number of nitrogens with zero attached hydrogens (tertiary/aromatic N) is 2. The van der Waals surface area contributed by atoms with Crippen LogP contribution in [0.4, 0.5) is 14.5 Å². The zero-order valence-electron chi connectivity index (χ0n) is 12.9. The number of hydrogen-bond acceptors (Lipinski definition) is 4. The molecular formula is C15H16F2N2O4S. The SMILES string of the molecule is CC(F)(F)C1CN(S(=O)(=O)c2ccc(N3C(=O)CCC3=O)cc2)C1. The molecule has 0 saturated carbocycles. The van der Waals surface area contributed by atoms with E-state index in [0.717, 1.165) is 16.1 Å². The summed E-state index contributed by atoms with van der Waals surface area (Å²) in [7, 11) is -3.85. The van der Waals surface area contributed by atoms with Crippen LogP contribution in [0, 0.1) is 5.92 Å². The van der Waals surface area contributed by atoms with Crippen molar-refractivity contribution in [2.45, 2.75) is 30.6 Å².